The van der Waals surface area contributed by atoms with Crippen molar-refractivity contribution in [3.8, 4) is 0 Å². The molecule has 0 fully saturated rings. The summed E-state index contributed by atoms with van der Waals surface area (Å²) in [5.41, 5.74) is 0. The number of allylic oxidation sites excluding steroid dienone is 3. The van der Waals surface area contributed by atoms with E-state index in [0.717, 1.165) is 11.5 Å². The van der Waals surface area contributed by atoms with Crippen molar-refractivity contribution in [1.29, 1.82) is 0 Å². The Morgan fingerprint density at radius 1 is 1.20 bits per heavy atom. The van der Waals surface area contributed by atoms with Crippen LogP contribution in [-0.4, -0.2) is 14.2 Å². The van der Waals surface area contributed by atoms with Crippen LogP contribution in [0, 0.1) is 0 Å². The third-order valence-electron chi connectivity index (χ3n) is 1.19. The maximum Gasteiger partial charge on any atom is 0.155 e. The minimum atomic E-state index is 0.769. The summed E-state index contributed by atoms with van der Waals surface area (Å²) in [5.74, 6) is 1.56. The van der Waals surface area contributed by atoms with E-state index >= 15 is 0 Å². The van der Waals surface area contributed by atoms with Gasteiger partial charge in [0.25, 0.3) is 0 Å². The fourth-order valence-corrected chi connectivity index (χ4v) is 0.581. The normalized spacial score (nSPS) is 13.2. The summed E-state index contributed by atoms with van der Waals surface area (Å²) >= 11 is 0. The van der Waals surface area contributed by atoms with Crippen molar-refractivity contribution in [2.45, 2.75) is 13.8 Å². The average Bonchev–Trinajstić information content (AvgIpc) is 1.99. The Morgan fingerprint density at radius 3 is 2.10 bits per heavy atom. The summed E-state index contributed by atoms with van der Waals surface area (Å²) in [6.45, 7) is 3.79. The van der Waals surface area contributed by atoms with Crippen LogP contribution in [0.25, 0.3) is 0 Å². The molecular weight excluding hydrogens is 128 g/mol. The van der Waals surface area contributed by atoms with Gasteiger partial charge < -0.3 is 9.47 Å². The van der Waals surface area contributed by atoms with Gasteiger partial charge in [0.05, 0.1) is 14.2 Å². The minimum Gasteiger partial charge on any atom is -0.498 e. The van der Waals surface area contributed by atoms with Crippen LogP contribution in [0.15, 0.2) is 23.7 Å². The third kappa shape index (κ3) is 2.58. The molecule has 2 heteroatoms. The summed E-state index contributed by atoms with van der Waals surface area (Å²) in [5, 5.41) is 0. The van der Waals surface area contributed by atoms with E-state index in [9.17, 15) is 0 Å². The molecule has 0 aromatic rings. The summed E-state index contributed by atoms with van der Waals surface area (Å²) in [6.07, 6.45) is 3.76. The SMILES string of the molecule is CC=CC(OC)=C(C)OC. The van der Waals surface area contributed by atoms with Crippen LogP contribution in [-0.2, 0) is 9.47 Å². The fraction of sp³-hybridized carbons (Fsp3) is 0.500. The number of ether oxygens (including phenoxy) is 2. The van der Waals surface area contributed by atoms with Gasteiger partial charge in [0, 0.05) is 0 Å². The first kappa shape index (κ1) is 9.08. The Hall–Kier alpha value is -0.920. The van der Waals surface area contributed by atoms with Gasteiger partial charge in [-0.15, -0.1) is 0 Å². The van der Waals surface area contributed by atoms with Gasteiger partial charge in [0.2, 0.25) is 0 Å². The molecule has 0 saturated heterocycles. The monoisotopic (exact) mass is 142 g/mol. The molecule has 0 aliphatic heterocycles. The van der Waals surface area contributed by atoms with Gasteiger partial charge in [-0.1, -0.05) is 6.08 Å². The van der Waals surface area contributed by atoms with Crippen LogP contribution < -0.4 is 0 Å². The molecule has 0 N–H and O–H groups in total. The molecule has 0 aliphatic rings. The van der Waals surface area contributed by atoms with Crippen LogP contribution in [0.3, 0.4) is 0 Å². The van der Waals surface area contributed by atoms with Crippen LogP contribution in [0.5, 0.6) is 0 Å². The molecule has 0 saturated carbocycles. The first-order chi connectivity index (χ1) is 4.76. The highest BCUT2D eigenvalue weighted by Gasteiger charge is 1.95. The van der Waals surface area contributed by atoms with Crippen LogP contribution in [0.2, 0.25) is 0 Å². The van der Waals surface area contributed by atoms with E-state index in [2.05, 4.69) is 0 Å². The molecule has 0 bridgehead atoms. The van der Waals surface area contributed by atoms with Crippen LogP contribution >= 0.6 is 0 Å². The summed E-state index contributed by atoms with van der Waals surface area (Å²) in [6, 6.07) is 0. The van der Waals surface area contributed by atoms with Crippen LogP contribution in [0.1, 0.15) is 13.8 Å². The minimum absolute atomic E-state index is 0.769. The molecule has 10 heavy (non-hydrogen) atoms. The average molecular weight is 142 g/mol. The Balaban J connectivity index is 4.29. The highest BCUT2D eigenvalue weighted by atomic mass is 16.5. The standard InChI is InChI=1S/C8H14O2/c1-5-6-8(10-4)7(2)9-3/h5-6H,1-4H3. The van der Waals surface area contributed by atoms with E-state index < -0.39 is 0 Å². The number of methoxy groups -OCH3 is 2. The van der Waals surface area contributed by atoms with Crippen molar-refractivity contribution in [3.63, 3.8) is 0 Å². The summed E-state index contributed by atoms with van der Waals surface area (Å²) in [7, 11) is 3.25. The van der Waals surface area contributed by atoms with E-state index in [0.29, 0.717) is 0 Å². The first-order valence-corrected chi connectivity index (χ1v) is 3.17. The van der Waals surface area contributed by atoms with Gasteiger partial charge in [-0.25, -0.2) is 0 Å². The second-order valence-electron chi connectivity index (χ2n) is 1.83. The molecule has 0 radical (unpaired) electrons. The second kappa shape index (κ2) is 4.91. The molecule has 0 rings (SSSR count). The predicted octanol–water partition coefficient (Wildman–Crippen LogP) is 2.09. The van der Waals surface area contributed by atoms with E-state index in [1.807, 2.05) is 26.0 Å². The van der Waals surface area contributed by atoms with Crippen molar-refractivity contribution in [2.24, 2.45) is 0 Å². The van der Waals surface area contributed by atoms with Crippen molar-refractivity contribution in [2.75, 3.05) is 14.2 Å². The topological polar surface area (TPSA) is 18.5 Å². The van der Waals surface area contributed by atoms with Gasteiger partial charge in [-0.2, -0.15) is 0 Å². The molecule has 0 aliphatic carbocycles. The maximum absolute atomic E-state index is 5.01. The first-order valence-electron chi connectivity index (χ1n) is 3.17. The Morgan fingerprint density at radius 2 is 1.80 bits per heavy atom. The molecule has 0 spiro atoms. The Bertz CT molecular complexity index is 145. The number of rotatable bonds is 3. The lowest BCUT2D eigenvalue weighted by molar-refractivity contribution is 0.232. The van der Waals surface area contributed by atoms with E-state index in [1.54, 1.807) is 14.2 Å². The zero-order chi connectivity index (χ0) is 7.98. The zero-order valence-electron chi connectivity index (χ0n) is 6.97. The zero-order valence-corrected chi connectivity index (χ0v) is 6.97. The lowest BCUT2D eigenvalue weighted by Crippen LogP contribution is -1.89. The van der Waals surface area contributed by atoms with E-state index in [4.69, 9.17) is 9.47 Å². The van der Waals surface area contributed by atoms with Gasteiger partial charge in [-0.05, 0) is 19.9 Å². The van der Waals surface area contributed by atoms with Crippen molar-refractivity contribution in [3.05, 3.63) is 23.7 Å². The highest BCUT2D eigenvalue weighted by molar-refractivity contribution is 5.14. The summed E-state index contributed by atoms with van der Waals surface area (Å²) in [4.78, 5) is 0. The van der Waals surface area contributed by atoms with Crippen molar-refractivity contribution < 1.29 is 9.47 Å². The molecular formula is C8H14O2. The molecule has 0 atom stereocenters. The van der Waals surface area contributed by atoms with Gasteiger partial charge >= 0.3 is 0 Å². The quantitative estimate of drug-likeness (QED) is 0.443. The molecule has 2 nitrogen and oxygen atoms in total. The molecule has 0 amide bonds. The summed E-state index contributed by atoms with van der Waals surface area (Å²) < 4.78 is 9.97. The molecule has 58 valence electrons. The number of hydrogen-bond acceptors (Lipinski definition) is 2. The molecule has 0 aromatic carbocycles. The highest BCUT2D eigenvalue weighted by Crippen LogP contribution is 2.06. The smallest absolute Gasteiger partial charge is 0.155 e. The molecule has 0 aromatic heterocycles. The Kier molecular flexibility index (Phi) is 4.46. The van der Waals surface area contributed by atoms with Gasteiger partial charge in [0.15, 0.2) is 5.76 Å². The molecule has 0 heterocycles. The van der Waals surface area contributed by atoms with Crippen molar-refractivity contribution in [1.82, 2.24) is 0 Å². The Labute approximate surface area is 62.1 Å². The largest absolute Gasteiger partial charge is 0.498 e. The van der Waals surface area contributed by atoms with Crippen molar-refractivity contribution >= 4 is 0 Å². The lowest BCUT2D eigenvalue weighted by atomic mass is 10.4. The molecule has 0 unspecified atom stereocenters. The maximum atomic E-state index is 5.01. The van der Waals surface area contributed by atoms with Gasteiger partial charge in [-0.3, -0.25) is 0 Å². The van der Waals surface area contributed by atoms with E-state index in [1.165, 1.54) is 0 Å². The van der Waals surface area contributed by atoms with Crippen LogP contribution in [0.4, 0.5) is 0 Å². The lowest BCUT2D eigenvalue weighted by Gasteiger charge is -2.04. The van der Waals surface area contributed by atoms with Gasteiger partial charge in [0.1, 0.15) is 5.76 Å². The third-order valence-corrected chi connectivity index (χ3v) is 1.19. The fourth-order valence-electron chi connectivity index (χ4n) is 0.581. The second-order valence-corrected chi connectivity index (χ2v) is 1.83. The van der Waals surface area contributed by atoms with E-state index in [-0.39, 0.29) is 0 Å². The number of hydrogen-bond donors (Lipinski definition) is 0. The predicted molar refractivity (Wildman–Crippen MR) is 41.5 cm³/mol.